The second kappa shape index (κ2) is 12.0. The topological polar surface area (TPSA) is 124 Å². The average Bonchev–Trinajstić information content (AvgIpc) is 3.67. The van der Waals surface area contributed by atoms with Crippen LogP contribution in [0.1, 0.15) is 50.5 Å². The lowest BCUT2D eigenvalue weighted by molar-refractivity contribution is -0.116. The molecule has 10 nitrogen and oxygen atoms in total. The second-order valence-electron chi connectivity index (χ2n) is 12.6. The lowest BCUT2D eigenvalue weighted by atomic mass is 10.0. The molecule has 3 amide bonds. The van der Waals surface area contributed by atoms with E-state index in [0.29, 0.717) is 50.4 Å². The van der Waals surface area contributed by atoms with Gasteiger partial charge in [-0.15, -0.1) is 22.7 Å². The van der Waals surface area contributed by atoms with Crippen LogP contribution in [-0.2, 0) is 22.5 Å². The number of carbonyl (C=O) groups is 3. The predicted octanol–water partition coefficient (Wildman–Crippen LogP) is 6.39. The van der Waals surface area contributed by atoms with Crippen LogP contribution in [-0.4, -0.2) is 75.8 Å². The Balaban J connectivity index is 1.08. The molecule has 2 unspecified atom stereocenters. The number of nitrogens with one attached hydrogen (secondary N) is 2. The van der Waals surface area contributed by atoms with Gasteiger partial charge in [-0.1, -0.05) is 15.9 Å². The number of ether oxygens (including phenoxy) is 1. The summed E-state index contributed by atoms with van der Waals surface area (Å²) in [6.45, 7) is 8.41. The van der Waals surface area contributed by atoms with E-state index < -0.39 is 11.7 Å². The molecule has 1 saturated carbocycles. The summed E-state index contributed by atoms with van der Waals surface area (Å²) in [5.74, 6) is 0.831. The Bertz CT molecular complexity index is 1550. The number of hydrogen-bond acceptors (Lipinski definition) is 8. The number of thiazole rings is 1. The lowest BCUT2D eigenvalue weighted by Gasteiger charge is -2.25. The Kier molecular flexibility index (Phi) is 8.44. The number of rotatable bonds is 6. The van der Waals surface area contributed by atoms with Crippen LogP contribution >= 0.6 is 38.6 Å². The Labute approximate surface area is 266 Å². The van der Waals surface area contributed by atoms with Gasteiger partial charge in [0.15, 0.2) is 0 Å². The number of carbonyl (C=O) groups excluding carboxylic acids is 2. The molecule has 2 aromatic heterocycles. The molecule has 2 fully saturated rings. The first-order valence-corrected chi connectivity index (χ1v) is 17.1. The van der Waals surface area contributed by atoms with E-state index >= 15 is 0 Å². The molecule has 6 rings (SSSR count). The fourth-order valence-electron chi connectivity index (χ4n) is 6.41. The van der Waals surface area contributed by atoms with Crippen LogP contribution in [0, 0.1) is 11.8 Å². The number of halogens is 1. The van der Waals surface area contributed by atoms with Gasteiger partial charge in [0.25, 0.3) is 0 Å². The van der Waals surface area contributed by atoms with Gasteiger partial charge >= 0.3 is 12.2 Å². The number of carboxylic acid groups (broad SMARTS) is 1. The summed E-state index contributed by atoms with van der Waals surface area (Å²) >= 11 is 6.55. The fraction of sp³-hybridized carbons (Fsp3) is 0.533. The number of aromatic nitrogens is 1. The van der Waals surface area contributed by atoms with Gasteiger partial charge < -0.3 is 30.3 Å². The van der Waals surface area contributed by atoms with E-state index in [-0.39, 0.29) is 12.0 Å². The van der Waals surface area contributed by atoms with E-state index in [4.69, 9.17) is 9.72 Å². The first-order valence-electron chi connectivity index (χ1n) is 14.6. The summed E-state index contributed by atoms with van der Waals surface area (Å²) in [4.78, 5) is 46.4. The third kappa shape index (κ3) is 6.69. The van der Waals surface area contributed by atoms with Crippen LogP contribution in [0.15, 0.2) is 22.7 Å². The van der Waals surface area contributed by atoms with Gasteiger partial charge in [0.05, 0.1) is 16.8 Å². The van der Waals surface area contributed by atoms with Crippen LogP contribution in [0.5, 0.6) is 0 Å². The Hall–Kier alpha value is -2.74. The highest BCUT2D eigenvalue weighted by molar-refractivity contribution is 9.10. The van der Waals surface area contributed by atoms with Crippen molar-refractivity contribution in [2.75, 3.05) is 31.5 Å². The van der Waals surface area contributed by atoms with Crippen molar-refractivity contribution in [2.24, 2.45) is 11.8 Å². The zero-order valence-corrected chi connectivity index (χ0v) is 27.7. The van der Waals surface area contributed by atoms with E-state index in [2.05, 4.69) is 26.6 Å². The molecule has 1 aromatic carbocycles. The minimum absolute atomic E-state index is 0.0828. The molecular weight excluding hydrogens is 654 g/mol. The highest BCUT2D eigenvalue weighted by Crippen LogP contribution is 2.46. The van der Waals surface area contributed by atoms with E-state index in [1.54, 1.807) is 11.3 Å². The van der Waals surface area contributed by atoms with Crippen molar-refractivity contribution in [3.63, 3.8) is 0 Å². The Morgan fingerprint density at radius 2 is 1.88 bits per heavy atom. The SMILES string of the molecule is CC(C)(C)OC(=O)N1CC2CC(NCCC(=O)Nc3sc4c(c3-c3nc5cc(Br)ccc5s3)CCN(C(=O)O)C4)CC2C1. The summed E-state index contributed by atoms with van der Waals surface area (Å²) in [5.41, 5.74) is 2.39. The summed E-state index contributed by atoms with van der Waals surface area (Å²) < 4.78 is 7.55. The molecule has 0 spiro atoms. The Morgan fingerprint density at radius 3 is 2.58 bits per heavy atom. The maximum Gasteiger partial charge on any atom is 0.410 e. The Morgan fingerprint density at radius 1 is 1.14 bits per heavy atom. The molecule has 0 radical (unpaired) electrons. The van der Waals surface area contributed by atoms with Gasteiger partial charge in [0, 0.05) is 53.6 Å². The van der Waals surface area contributed by atoms with Crippen molar-refractivity contribution in [2.45, 2.75) is 64.6 Å². The molecule has 2 atom stereocenters. The average molecular weight is 691 g/mol. The number of fused-ring (bicyclic) bond motifs is 3. The molecule has 1 saturated heterocycles. The lowest BCUT2D eigenvalue weighted by Crippen LogP contribution is -2.37. The van der Waals surface area contributed by atoms with Crippen LogP contribution in [0.4, 0.5) is 14.6 Å². The van der Waals surface area contributed by atoms with Gasteiger partial charge in [-0.3, -0.25) is 4.79 Å². The van der Waals surface area contributed by atoms with E-state index in [1.165, 1.54) is 16.2 Å². The molecule has 3 N–H and O–H groups in total. The van der Waals surface area contributed by atoms with Crippen LogP contribution < -0.4 is 10.6 Å². The van der Waals surface area contributed by atoms with Crippen molar-refractivity contribution in [1.29, 1.82) is 0 Å². The third-order valence-corrected chi connectivity index (χ3v) is 11.0. The normalized spacial score (nSPS) is 21.6. The van der Waals surface area contributed by atoms with Crippen molar-refractivity contribution in [3.05, 3.63) is 33.1 Å². The van der Waals surface area contributed by atoms with Crippen molar-refractivity contribution in [1.82, 2.24) is 20.1 Å². The number of anilines is 1. The first-order chi connectivity index (χ1) is 20.4. The molecule has 43 heavy (non-hydrogen) atoms. The highest BCUT2D eigenvalue weighted by atomic mass is 79.9. The number of benzene rings is 1. The van der Waals surface area contributed by atoms with Crippen molar-refractivity contribution >= 4 is 71.9 Å². The molecular formula is C30H36BrN5O5S2. The van der Waals surface area contributed by atoms with Crippen LogP contribution in [0.25, 0.3) is 20.8 Å². The predicted molar refractivity (Wildman–Crippen MR) is 172 cm³/mol. The van der Waals surface area contributed by atoms with Crippen LogP contribution in [0.3, 0.4) is 0 Å². The third-order valence-electron chi connectivity index (χ3n) is 8.33. The smallest absolute Gasteiger partial charge is 0.410 e. The minimum atomic E-state index is -0.935. The van der Waals surface area contributed by atoms with E-state index in [0.717, 1.165) is 66.6 Å². The van der Waals surface area contributed by atoms with E-state index in [9.17, 15) is 19.5 Å². The largest absolute Gasteiger partial charge is 0.465 e. The minimum Gasteiger partial charge on any atom is -0.465 e. The zero-order chi connectivity index (χ0) is 30.5. The molecule has 13 heteroatoms. The summed E-state index contributed by atoms with van der Waals surface area (Å²) in [7, 11) is 0. The van der Waals surface area contributed by atoms with Crippen molar-refractivity contribution < 1.29 is 24.2 Å². The van der Waals surface area contributed by atoms with E-state index in [1.807, 2.05) is 43.9 Å². The quantitative estimate of drug-likeness (QED) is 0.274. The van der Waals surface area contributed by atoms with Gasteiger partial charge in [0.1, 0.15) is 15.6 Å². The maximum atomic E-state index is 13.2. The molecule has 1 aliphatic carbocycles. The van der Waals surface area contributed by atoms with Gasteiger partial charge in [-0.05, 0) is 75.6 Å². The molecule has 3 aromatic rings. The molecule has 230 valence electrons. The zero-order valence-electron chi connectivity index (χ0n) is 24.4. The number of likely N-dealkylation sites (tertiary alicyclic amines) is 1. The van der Waals surface area contributed by atoms with Gasteiger partial charge in [0.2, 0.25) is 5.91 Å². The maximum absolute atomic E-state index is 13.2. The molecule has 3 aliphatic rings. The molecule has 2 aliphatic heterocycles. The van der Waals surface area contributed by atoms with Gasteiger partial charge in [-0.25, -0.2) is 14.6 Å². The second-order valence-corrected chi connectivity index (χ2v) is 15.7. The summed E-state index contributed by atoms with van der Waals surface area (Å²) in [5, 5.41) is 17.8. The number of thiophene rings is 1. The number of amides is 3. The monoisotopic (exact) mass is 689 g/mol. The standard InChI is InChI=1S/C30H36BrN5O5S2/c1-30(2,3)41-29(40)36-13-16-10-19(11-17(16)14-36)32-8-6-24(37)34-27-25(20-7-9-35(28(38)39)15-23(20)43-27)26-33-21-12-18(31)4-5-22(21)42-26/h4-5,12,16-17,19,32H,6-11,13-15H2,1-3H3,(H,34,37)(H,38,39). The van der Waals surface area contributed by atoms with Gasteiger partial charge in [-0.2, -0.15) is 0 Å². The van der Waals surface area contributed by atoms with Crippen LogP contribution in [0.2, 0.25) is 0 Å². The fourth-order valence-corrected chi connectivity index (χ4v) is 9.13. The molecule has 4 heterocycles. The number of hydrogen-bond donors (Lipinski definition) is 3. The first kappa shape index (κ1) is 30.3. The van der Waals surface area contributed by atoms with Crippen molar-refractivity contribution in [3.8, 4) is 10.6 Å². The summed E-state index contributed by atoms with van der Waals surface area (Å²) in [6, 6.07) is 6.33. The number of nitrogens with zero attached hydrogens (tertiary/aromatic N) is 3. The molecule has 0 bridgehead atoms. The summed E-state index contributed by atoms with van der Waals surface area (Å²) in [6.07, 6.45) is 1.72. The highest BCUT2D eigenvalue weighted by Gasteiger charge is 2.43.